The Labute approximate surface area is 262 Å². The van der Waals surface area contributed by atoms with E-state index in [1.165, 1.54) is 18.2 Å². The summed E-state index contributed by atoms with van der Waals surface area (Å²) in [5.74, 6) is -2.64. The maximum Gasteiger partial charge on any atom is 0.491 e. The van der Waals surface area contributed by atoms with Crippen LogP contribution in [-0.4, -0.2) is 130 Å². The molecule has 1 aromatic carbocycles. The number of nitrogens with one attached hydrogen (secondary N) is 1. The first kappa shape index (κ1) is 36.2. The quantitative estimate of drug-likeness (QED) is 0.119. The average molecular weight is 659 g/mol. The van der Waals surface area contributed by atoms with Gasteiger partial charge in [-0.1, -0.05) is 12.1 Å². The fourth-order valence-corrected chi connectivity index (χ4v) is 4.21. The van der Waals surface area contributed by atoms with Crippen molar-refractivity contribution in [3.8, 4) is 17.0 Å². The van der Waals surface area contributed by atoms with Gasteiger partial charge < -0.3 is 49.6 Å². The van der Waals surface area contributed by atoms with Gasteiger partial charge in [0.25, 0.3) is 0 Å². The number of carbonyl (C=O) groups is 3. The number of benzene rings is 1. The molecule has 15 nitrogen and oxygen atoms in total. The van der Waals surface area contributed by atoms with E-state index in [1.807, 2.05) is 4.90 Å². The molecule has 1 fully saturated rings. The number of nitrogens with zero attached hydrogens (tertiary/aromatic N) is 4. The van der Waals surface area contributed by atoms with Crippen molar-refractivity contribution in [1.29, 1.82) is 0 Å². The number of para-hydroxylation sites is 1. The summed E-state index contributed by atoms with van der Waals surface area (Å²) >= 11 is 0. The average Bonchev–Trinajstić information content (AvgIpc) is 3.03. The lowest BCUT2D eigenvalue weighted by molar-refractivity contribution is -0.189. The lowest BCUT2D eigenvalue weighted by Gasteiger charge is -2.36. The number of anilines is 2. The van der Waals surface area contributed by atoms with Gasteiger partial charge in [-0.05, 0) is 18.2 Å². The molecular formula is C28H37F3N6O9. The third-order valence-electron chi connectivity index (χ3n) is 6.47. The Bertz CT molecular complexity index is 1280. The highest BCUT2D eigenvalue weighted by Crippen LogP contribution is 2.33. The summed E-state index contributed by atoms with van der Waals surface area (Å²) in [6, 6.07) is 7.22. The second kappa shape index (κ2) is 18.6. The molecule has 1 saturated heterocycles. The van der Waals surface area contributed by atoms with E-state index in [-0.39, 0.29) is 54.9 Å². The maximum absolute atomic E-state index is 12.8. The molecular weight excluding hydrogens is 621 g/mol. The molecule has 254 valence electrons. The van der Waals surface area contributed by atoms with Crippen LogP contribution in [0, 0.1) is 0 Å². The first-order valence-corrected chi connectivity index (χ1v) is 14.4. The van der Waals surface area contributed by atoms with E-state index in [4.69, 9.17) is 29.8 Å². The zero-order valence-corrected chi connectivity index (χ0v) is 25.0. The van der Waals surface area contributed by atoms with Crippen molar-refractivity contribution < 1.29 is 56.3 Å². The summed E-state index contributed by atoms with van der Waals surface area (Å²) in [5, 5.41) is 18.5. The van der Waals surface area contributed by atoms with Gasteiger partial charge in [0.1, 0.15) is 5.75 Å². The van der Waals surface area contributed by atoms with Crippen LogP contribution in [0.1, 0.15) is 6.42 Å². The molecule has 0 spiro atoms. The van der Waals surface area contributed by atoms with E-state index in [9.17, 15) is 27.6 Å². The Morgan fingerprint density at radius 1 is 0.870 bits per heavy atom. The number of ether oxygens (including phenoxy) is 5. The minimum atomic E-state index is -5.16. The van der Waals surface area contributed by atoms with Crippen LogP contribution in [0.25, 0.3) is 11.3 Å². The minimum Gasteiger partial charge on any atom is -0.465 e. The van der Waals surface area contributed by atoms with E-state index in [0.717, 1.165) is 0 Å². The zero-order valence-electron chi connectivity index (χ0n) is 25.0. The first-order valence-electron chi connectivity index (χ1n) is 14.4. The van der Waals surface area contributed by atoms with Crippen LogP contribution < -0.4 is 20.7 Å². The fourth-order valence-electron chi connectivity index (χ4n) is 4.21. The number of nitrogen functional groups attached to an aromatic ring is 1. The van der Waals surface area contributed by atoms with E-state index < -0.39 is 18.2 Å². The molecule has 1 aliphatic rings. The Morgan fingerprint density at radius 3 is 2.07 bits per heavy atom. The molecule has 2 heterocycles. The summed E-state index contributed by atoms with van der Waals surface area (Å²) in [5.41, 5.74) is 6.84. The number of halogens is 3. The third kappa shape index (κ3) is 12.3. The van der Waals surface area contributed by atoms with Crippen molar-refractivity contribution in [1.82, 2.24) is 20.4 Å². The molecule has 0 atom stereocenters. The van der Waals surface area contributed by atoms with Crippen molar-refractivity contribution in [3.05, 3.63) is 30.3 Å². The van der Waals surface area contributed by atoms with E-state index >= 15 is 0 Å². The molecule has 2 amide bonds. The number of aromatic nitrogens is 2. The normalized spacial score (nSPS) is 13.5. The largest absolute Gasteiger partial charge is 0.491 e. The lowest BCUT2D eigenvalue weighted by atomic mass is 10.1. The van der Waals surface area contributed by atoms with Gasteiger partial charge in [0.2, 0.25) is 5.91 Å². The molecule has 1 aromatic heterocycles. The summed E-state index contributed by atoms with van der Waals surface area (Å²) in [6.45, 7) is 4.47. The smallest absolute Gasteiger partial charge is 0.465 e. The van der Waals surface area contributed by atoms with Crippen molar-refractivity contribution in [3.63, 3.8) is 0 Å². The molecule has 4 N–H and O–H groups in total. The molecule has 3 rings (SSSR count). The van der Waals surface area contributed by atoms with E-state index in [0.29, 0.717) is 71.5 Å². The molecule has 0 unspecified atom stereocenters. The number of nitrogens with two attached hydrogens (primary N) is 1. The number of esters is 1. The topological polar surface area (TPSA) is 188 Å². The number of carbonyl (C=O) groups excluding carboxylic acids is 2. The van der Waals surface area contributed by atoms with Gasteiger partial charge in [-0.3, -0.25) is 4.79 Å². The molecule has 1 aliphatic heterocycles. The zero-order chi connectivity index (χ0) is 33.4. The van der Waals surface area contributed by atoms with Gasteiger partial charge in [-0.15, -0.1) is 10.2 Å². The number of amides is 2. The van der Waals surface area contributed by atoms with Gasteiger partial charge in [0.15, 0.2) is 5.82 Å². The molecule has 2 aromatic rings. The molecule has 46 heavy (non-hydrogen) atoms. The molecule has 0 bridgehead atoms. The van der Waals surface area contributed by atoms with Crippen molar-refractivity contribution in [2.45, 2.75) is 12.6 Å². The fraction of sp³-hybridized carbons (Fsp3) is 0.536. The van der Waals surface area contributed by atoms with Crippen LogP contribution in [0.15, 0.2) is 30.3 Å². The highest BCUT2D eigenvalue weighted by Gasteiger charge is 2.41. The first-order chi connectivity index (χ1) is 22.1. The predicted octanol–water partition coefficient (Wildman–Crippen LogP) is 1.57. The number of carboxylic acid groups (broad SMARTS) is 1. The maximum atomic E-state index is 12.8. The van der Waals surface area contributed by atoms with Gasteiger partial charge in [-0.25, -0.2) is 9.59 Å². The number of hydrogen-bond donors (Lipinski definition) is 3. The van der Waals surface area contributed by atoms with Crippen molar-refractivity contribution in [2.75, 3.05) is 96.2 Å². The summed E-state index contributed by atoms with van der Waals surface area (Å²) in [6.07, 6.45) is -6.07. The SMILES string of the molecule is Nc1nnc(-c2ccccc2OC(=O)C(F)(F)F)cc1N1CCN(C(=O)CCOCCOCCOCCOCCNC(=O)O)CC1. The second-order valence-corrected chi connectivity index (χ2v) is 9.68. The van der Waals surface area contributed by atoms with Crippen molar-refractivity contribution in [2.24, 2.45) is 0 Å². The molecule has 18 heteroatoms. The van der Waals surface area contributed by atoms with Gasteiger partial charge in [0, 0.05) is 38.3 Å². The number of alkyl halides is 3. The summed E-state index contributed by atoms with van der Waals surface area (Å²) in [7, 11) is 0. The van der Waals surface area contributed by atoms with Crippen LogP contribution in [0.5, 0.6) is 5.75 Å². The highest BCUT2D eigenvalue weighted by molar-refractivity contribution is 5.82. The Balaban J connectivity index is 1.33. The lowest BCUT2D eigenvalue weighted by Crippen LogP contribution is -2.49. The van der Waals surface area contributed by atoms with E-state index in [1.54, 1.807) is 17.0 Å². The Morgan fingerprint density at radius 2 is 1.46 bits per heavy atom. The van der Waals surface area contributed by atoms with Gasteiger partial charge in [-0.2, -0.15) is 13.2 Å². The predicted molar refractivity (Wildman–Crippen MR) is 156 cm³/mol. The Hall–Kier alpha value is -4.26. The second-order valence-electron chi connectivity index (χ2n) is 9.68. The number of rotatable bonds is 18. The highest BCUT2D eigenvalue weighted by atomic mass is 19.4. The third-order valence-corrected chi connectivity index (χ3v) is 6.47. The van der Waals surface area contributed by atoms with Crippen LogP contribution >= 0.6 is 0 Å². The van der Waals surface area contributed by atoms with E-state index in [2.05, 4.69) is 20.3 Å². The number of piperazine rings is 1. The summed E-state index contributed by atoms with van der Waals surface area (Å²) in [4.78, 5) is 38.0. The minimum absolute atomic E-state index is 0.0724. The monoisotopic (exact) mass is 658 g/mol. The van der Waals surface area contributed by atoms with Crippen LogP contribution in [0.2, 0.25) is 0 Å². The summed E-state index contributed by atoms with van der Waals surface area (Å²) < 4.78 is 64.3. The van der Waals surface area contributed by atoms with Gasteiger partial charge >= 0.3 is 18.2 Å². The molecule has 0 saturated carbocycles. The molecule has 0 radical (unpaired) electrons. The van der Waals surface area contributed by atoms with Crippen LogP contribution in [-0.2, 0) is 28.5 Å². The standard InChI is InChI=1S/C28H37F3N6O9/c29-28(30,31)26(39)46-23-4-2-1-3-20(23)21-19-22(25(32)35-34-21)36-7-9-37(10-8-36)24(38)5-11-42-13-15-44-17-18-45-16-14-43-12-6-33-27(40)41/h1-4,19,33H,5-18H2,(H2,32,35)(H,40,41). The molecule has 0 aliphatic carbocycles. The number of hydrogen-bond acceptors (Lipinski definition) is 12. The van der Waals surface area contributed by atoms with Gasteiger partial charge in [0.05, 0.1) is 70.7 Å². The van der Waals surface area contributed by atoms with Crippen molar-refractivity contribution >= 4 is 29.5 Å². The Kier molecular flexibility index (Phi) is 14.7. The van der Waals surface area contributed by atoms with Crippen LogP contribution in [0.3, 0.4) is 0 Å². The van der Waals surface area contributed by atoms with Crippen LogP contribution in [0.4, 0.5) is 29.5 Å².